The molecule has 1 amide bonds. The summed E-state index contributed by atoms with van der Waals surface area (Å²) < 4.78 is 25.0. The van der Waals surface area contributed by atoms with Crippen LogP contribution in [0.4, 0.5) is 0 Å². The van der Waals surface area contributed by atoms with E-state index < -0.39 is 9.84 Å². The molecular formula is C23H21N3O3S2. The Labute approximate surface area is 185 Å². The van der Waals surface area contributed by atoms with Crippen molar-refractivity contribution >= 4 is 27.1 Å². The van der Waals surface area contributed by atoms with Crippen molar-refractivity contribution in [2.45, 2.75) is 17.9 Å². The second-order valence-electron chi connectivity index (χ2n) is 7.18. The van der Waals surface area contributed by atoms with Crippen LogP contribution in [-0.2, 0) is 9.84 Å². The third-order valence-corrected chi connectivity index (χ3v) is 6.89. The summed E-state index contributed by atoms with van der Waals surface area (Å²) in [5, 5.41) is 9.63. The van der Waals surface area contributed by atoms with Crippen LogP contribution in [0.1, 0.15) is 29.0 Å². The molecule has 6 nitrogen and oxygen atoms in total. The third kappa shape index (κ3) is 4.60. The molecule has 1 atom stereocenters. The Balaban J connectivity index is 1.63. The summed E-state index contributed by atoms with van der Waals surface area (Å²) >= 11 is 1.56. The van der Waals surface area contributed by atoms with Gasteiger partial charge in [0.1, 0.15) is 11.4 Å². The Morgan fingerprint density at radius 3 is 2.35 bits per heavy atom. The van der Waals surface area contributed by atoms with E-state index in [1.165, 1.54) is 6.26 Å². The Kier molecular flexibility index (Phi) is 5.75. The smallest absolute Gasteiger partial charge is 0.270 e. The predicted octanol–water partition coefficient (Wildman–Crippen LogP) is 4.50. The number of amides is 1. The molecule has 0 aliphatic rings. The van der Waals surface area contributed by atoms with Gasteiger partial charge in [-0.3, -0.25) is 4.79 Å². The second-order valence-corrected chi connectivity index (χ2v) is 10.1. The molecule has 1 N–H and O–H groups in total. The zero-order valence-corrected chi connectivity index (χ0v) is 18.7. The molecule has 0 radical (unpaired) electrons. The number of thiophene rings is 1. The first kappa shape index (κ1) is 21.0. The van der Waals surface area contributed by atoms with Crippen molar-refractivity contribution < 1.29 is 13.2 Å². The quantitative estimate of drug-likeness (QED) is 0.468. The molecule has 0 fully saturated rings. The molecule has 31 heavy (non-hydrogen) atoms. The zero-order chi connectivity index (χ0) is 22.0. The number of hydrogen-bond donors (Lipinski definition) is 1. The number of carbonyl (C=O) groups excluding carboxylic acids is 1. The van der Waals surface area contributed by atoms with E-state index >= 15 is 0 Å². The van der Waals surface area contributed by atoms with Crippen molar-refractivity contribution in [3.63, 3.8) is 0 Å². The normalized spacial score (nSPS) is 12.5. The number of sulfone groups is 1. The van der Waals surface area contributed by atoms with Crippen LogP contribution in [0.15, 0.2) is 83.1 Å². The van der Waals surface area contributed by atoms with Crippen LogP contribution in [0.5, 0.6) is 0 Å². The molecule has 2 aromatic heterocycles. The van der Waals surface area contributed by atoms with Crippen LogP contribution < -0.4 is 5.32 Å². The number of nitrogens with zero attached hydrogens (tertiary/aromatic N) is 2. The van der Waals surface area contributed by atoms with Gasteiger partial charge in [0, 0.05) is 6.26 Å². The van der Waals surface area contributed by atoms with Gasteiger partial charge in [-0.25, -0.2) is 13.1 Å². The number of carbonyl (C=O) groups is 1. The highest BCUT2D eigenvalue weighted by molar-refractivity contribution is 7.90. The lowest BCUT2D eigenvalue weighted by Crippen LogP contribution is -2.28. The predicted molar refractivity (Wildman–Crippen MR) is 122 cm³/mol. The first-order valence-electron chi connectivity index (χ1n) is 9.63. The maximum atomic E-state index is 13.2. The molecule has 0 aliphatic heterocycles. The molecule has 1 unspecified atom stereocenters. The van der Waals surface area contributed by atoms with Crippen LogP contribution in [0.2, 0.25) is 0 Å². The molecule has 0 spiro atoms. The molecule has 2 aromatic carbocycles. The minimum atomic E-state index is -3.26. The van der Waals surface area contributed by atoms with Gasteiger partial charge < -0.3 is 5.32 Å². The summed E-state index contributed by atoms with van der Waals surface area (Å²) in [5.74, 6) is -0.265. The number of rotatable bonds is 6. The molecule has 8 heteroatoms. The minimum Gasteiger partial charge on any atom is -0.344 e. The lowest BCUT2D eigenvalue weighted by atomic mass is 10.1. The largest absolute Gasteiger partial charge is 0.344 e. The van der Waals surface area contributed by atoms with Crippen molar-refractivity contribution in [3.8, 4) is 16.3 Å². The van der Waals surface area contributed by atoms with Crippen molar-refractivity contribution in [1.82, 2.24) is 15.1 Å². The number of benzene rings is 2. The molecule has 0 saturated carbocycles. The molecule has 0 aliphatic carbocycles. The molecule has 0 saturated heterocycles. The van der Waals surface area contributed by atoms with Gasteiger partial charge in [0.15, 0.2) is 9.84 Å². The van der Waals surface area contributed by atoms with Crippen molar-refractivity contribution in [2.24, 2.45) is 0 Å². The first-order valence-corrected chi connectivity index (χ1v) is 12.4. The fourth-order valence-electron chi connectivity index (χ4n) is 3.21. The lowest BCUT2D eigenvalue weighted by Gasteiger charge is -2.15. The topological polar surface area (TPSA) is 81.1 Å². The summed E-state index contributed by atoms with van der Waals surface area (Å²) in [6.07, 6.45) is 1.17. The highest BCUT2D eigenvalue weighted by Gasteiger charge is 2.20. The van der Waals surface area contributed by atoms with Crippen LogP contribution >= 0.6 is 11.3 Å². The van der Waals surface area contributed by atoms with E-state index in [0.29, 0.717) is 5.69 Å². The SMILES string of the molecule is CC(NC(=O)c1cc(-c2cccs2)nn1-c1ccccc1)c1ccc(S(C)(=O)=O)cc1. The van der Waals surface area contributed by atoms with Crippen LogP contribution in [0.3, 0.4) is 0 Å². The monoisotopic (exact) mass is 451 g/mol. The van der Waals surface area contributed by atoms with Gasteiger partial charge in [-0.15, -0.1) is 11.3 Å². The molecule has 158 valence electrons. The number of hydrogen-bond acceptors (Lipinski definition) is 5. The fraction of sp³-hybridized carbons (Fsp3) is 0.130. The van der Waals surface area contributed by atoms with Crippen LogP contribution in [-0.4, -0.2) is 30.4 Å². The summed E-state index contributed by atoms with van der Waals surface area (Å²) in [5.41, 5.74) is 2.76. The average Bonchev–Trinajstić information content (AvgIpc) is 3.44. The summed E-state index contributed by atoms with van der Waals surface area (Å²) in [7, 11) is -3.26. The fourth-order valence-corrected chi connectivity index (χ4v) is 4.52. The second kappa shape index (κ2) is 8.49. The van der Waals surface area contributed by atoms with Gasteiger partial charge in [-0.05, 0) is 54.3 Å². The first-order chi connectivity index (χ1) is 14.8. The van der Waals surface area contributed by atoms with Crippen molar-refractivity contribution in [1.29, 1.82) is 0 Å². The molecule has 2 heterocycles. The Morgan fingerprint density at radius 2 is 1.74 bits per heavy atom. The number of nitrogens with one attached hydrogen (secondary N) is 1. The number of aromatic nitrogens is 2. The standard InChI is InChI=1S/C23H21N3O3S2/c1-16(17-10-12-19(13-11-17)31(2,28)29)24-23(27)21-15-20(22-9-6-14-30-22)25-26(21)18-7-4-3-5-8-18/h3-16H,1-2H3,(H,24,27). The van der Waals surface area contributed by atoms with Gasteiger partial charge in [-0.2, -0.15) is 5.10 Å². The van der Waals surface area contributed by atoms with E-state index in [1.54, 1.807) is 46.4 Å². The molecule has 0 bridgehead atoms. The van der Waals surface area contributed by atoms with Gasteiger partial charge in [0.25, 0.3) is 5.91 Å². The van der Waals surface area contributed by atoms with Gasteiger partial charge in [0.05, 0.1) is 21.5 Å². The van der Waals surface area contributed by atoms with E-state index in [0.717, 1.165) is 21.8 Å². The van der Waals surface area contributed by atoms with Gasteiger partial charge in [-0.1, -0.05) is 36.4 Å². The van der Waals surface area contributed by atoms with Crippen molar-refractivity contribution in [3.05, 3.63) is 89.4 Å². The van der Waals surface area contributed by atoms with Gasteiger partial charge >= 0.3 is 0 Å². The zero-order valence-electron chi connectivity index (χ0n) is 17.0. The lowest BCUT2D eigenvalue weighted by molar-refractivity contribution is 0.0932. The van der Waals surface area contributed by atoms with Crippen LogP contribution in [0, 0.1) is 0 Å². The average molecular weight is 452 g/mol. The van der Waals surface area contributed by atoms with E-state index in [1.807, 2.05) is 54.8 Å². The maximum absolute atomic E-state index is 13.2. The van der Waals surface area contributed by atoms with Crippen LogP contribution in [0.25, 0.3) is 16.3 Å². The minimum absolute atomic E-state index is 0.248. The third-order valence-electron chi connectivity index (χ3n) is 4.87. The van der Waals surface area contributed by atoms with Gasteiger partial charge in [0.2, 0.25) is 0 Å². The Morgan fingerprint density at radius 1 is 1.03 bits per heavy atom. The van der Waals surface area contributed by atoms with E-state index in [4.69, 9.17) is 0 Å². The van der Waals surface area contributed by atoms with E-state index in [9.17, 15) is 13.2 Å². The Hall–Kier alpha value is -3.23. The van der Waals surface area contributed by atoms with E-state index in [-0.39, 0.29) is 16.8 Å². The Bertz CT molecular complexity index is 1290. The summed E-state index contributed by atoms with van der Waals surface area (Å²) in [6.45, 7) is 1.86. The molecule has 4 rings (SSSR count). The number of para-hydroxylation sites is 1. The maximum Gasteiger partial charge on any atom is 0.270 e. The molecule has 4 aromatic rings. The van der Waals surface area contributed by atoms with Crippen molar-refractivity contribution in [2.75, 3.05) is 6.26 Å². The summed E-state index contributed by atoms with van der Waals surface area (Å²) in [4.78, 5) is 14.4. The van der Waals surface area contributed by atoms with E-state index in [2.05, 4.69) is 10.4 Å². The molecular weight excluding hydrogens is 430 g/mol. The summed E-state index contributed by atoms with van der Waals surface area (Å²) in [6, 6.07) is 21.4. The highest BCUT2D eigenvalue weighted by atomic mass is 32.2. The highest BCUT2D eigenvalue weighted by Crippen LogP contribution is 2.26.